The molecule has 0 saturated carbocycles. The van der Waals surface area contributed by atoms with Gasteiger partial charge in [0, 0.05) is 51.2 Å². The Morgan fingerprint density at radius 3 is 0.756 bits per heavy atom. The molecule has 13 rings (SSSR count). The molecule has 86 heavy (non-hydrogen) atoms. The van der Waals surface area contributed by atoms with Crippen molar-refractivity contribution in [2.45, 2.75) is 104 Å². The van der Waals surface area contributed by atoms with E-state index in [2.05, 4.69) is 313 Å². The van der Waals surface area contributed by atoms with Gasteiger partial charge in [0.05, 0.1) is 0 Å². The first-order valence-electron chi connectivity index (χ1n) is 30.8. The summed E-state index contributed by atoms with van der Waals surface area (Å²) in [6.45, 7) is 34.4. The van der Waals surface area contributed by atoms with Crippen LogP contribution >= 0.6 is 0 Å². The zero-order valence-electron chi connectivity index (χ0n) is 53.0. The van der Waals surface area contributed by atoms with Crippen LogP contribution in [0.25, 0.3) is 22.3 Å². The molecule has 0 aromatic heterocycles. The number of hydrogen-bond acceptors (Lipinski definition) is 3. The molecule has 0 fully saturated rings. The number of aryl methyl sites for hydroxylation is 5. The summed E-state index contributed by atoms with van der Waals surface area (Å²) in [5, 5.41) is 0. The summed E-state index contributed by atoms with van der Waals surface area (Å²) in [5.74, 6) is 0. The lowest BCUT2D eigenvalue weighted by atomic mass is 9.29. The van der Waals surface area contributed by atoms with Crippen molar-refractivity contribution in [2.24, 2.45) is 0 Å². The Labute approximate surface area is 512 Å². The maximum atomic E-state index is 2.67. The van der Waals surface area contributed by atoms with E-state index in [0.717, 1.165) is 34.1 Å². The van der Waals surface area contributed by atoms with Gasteiger partial charge in [-0.1, -0.05) is 170 Å². The molecular weight excluding hydrogens is 1040 g/mol. The van der Waals surface area contributed by atoms with Gasteiger partial charge in [-0.05, 0) is 266 Å². The van der Waals surface area contributed by atoms with Crippen LogP contribution in [0.2, 0.25) is 0 Å². The number of benzene rings is 11. The van der Waals surface area contributed by atoms with Crippen LogP contribution in [0, 0.1) is 104 Å². The van der Waals surface area contributed by atoms with Crippen molar-refractivity contribution < 1.29 is 0 Å². The average molecular weight is 1110 g/mol. The Morgan fingerprint density at radius 2 is 0.477 bits per heavy atom. The molecule has 0 radical (unpaired) electrons. The number of rotatable bonds is 10. The molecule has 3 nitrogen and oxygen atoms in total. The number of anilines is 9. The third-order valence-electron chi connectivity index (χ3n) is 20.1. The van der Waals surface area contributed by atoms with Gasteiger partial charge >= 0.3 is 0 Å². The van der Waals surface area contributed by atoms with E-state index in [9.17, 15) is 0 Å². The first-order valence-corrected chi connectivity index (χ1v) is 30.8. The number of nitrogens with zero attached hydrogens (tertiary/aromatic N) is 3. The summed E-state index contributed by atoms with van der Waals surface area (Å²) >= 11 is 0. The quantitative estimate of drug-likeness (QED) is 0.126. The lowest BCUT2D eigenvalue weighted by Gasteiger charge is -2.45. The zero-order chi connectivity index (χ0) is 60.1. The van der Waals surface area contributed by atoms with E-state index >= 15 is 0 Å². The highest BCUT2D eigenvalue weighted by atomic mass is 15.2. The molecular formula is C81H77B2N3. The van der Waals surface area contributed by atoms with Crippen molar-refractivity contribution in [1.82, 2.24) is 0 Å². The van der Waals surface area contributed by atoms with Crippen LogP contribution < -0.4 is 47.5 Å². The van der Waals surface area contributed by atoms with Crippen LogP contribution in [0.5, 0.6) is 0 Å². The van der Waals surface area contributed by atoms with Crippen molar-refractivity contribution >= 4 is 97.4 Å². The lowest BCUT2D eigenvalue weighted by Crippen LogP contribution is -2.66. The van der Waals surface area contributed by atoms with Crippen LogP contribution in [0.4, 0.5) is 51.2 Å². The lowest BCUT2D eigenvalue weighted by molar-refractivity contribution is 1.19. The second-order valence-electron chi connectivity index (χ2n) is 25.2. The van der Waals surface area contributed by atoms with Gasteiger partial charge < -0.3 is 14.7 Å². The van der Waals surface area contributed by atoms with Gasteiger partial charge in [0.25, 0.3) is 0 Å². The molecule has 0 unspecified atom stereocenters. The van der Waals surface area contributed by atoms with Gasteiger partial charge in [0.15, 0.2) is 0 Å². The Kier molecular flexibility index (Phi) is 14.2. The van der Waals surface area contributed by atoms with Crippen molar-refractivity contribution in [2.75, 3.05) is 14.7 Å². The second kappa shape index (κ2) is 21.8. The van der Waals surface area contributed by atoms with Crippen LogP contribution in [0.15, 0.2) is 194 Å². The second-order valence-corrected chi connectivity index (χ2v) is 25.2. The molecule has 2 aliphatic heterocycles. The Bertz CT molecular complexity index is 4050. The van der Waals surface area contributed by atoms with Crippen molar-refractivity contribution in [3.63, 3.8) is 0 Å². The Balaban J connectivity index is 1.01. The maximum absolute atomic E-state index is 2.67. The van der Waals surface area contributed by atoms with Gasteiger partial charge in [-0.3, -0.25) is 0 Å². The highest BCUT2D eigenvalue weighted by Gasteiger charge is 2.46. The molecule has 11 aromatic rings. The molecule has 5 heteroatoms. The molecule has 0 atom stereocenters. The summed E-state index contributed by atoms with van der Waals surface area (Å²) < 4.78 is 0. The minimum atomic E-state index is -0.0197. The summed E-state index contributed by atoms with van der Waals surface area (Å²) in [6.07, 6.45) is 0. The predicted molar refractivity (Wildman–Crippen MR) is 375 cm³/mol. The zero-order valence-corrected chi connectivity index (χ0v) is 53.0. The van der Waals surface area contributed by atoms with Crippen molar-refractivity contribution in [1.29, 1.82) is 0 Å². The summed E-state index contributed by atoms with van der Waals surface area (Å²) in [6, 6.07) is 73.8. The average Bonchev–Trinajstić information content (AvgIpc) is 0.741. The summed E-state index contributed by atoms with van der Waals surface area (Å²) in [7, 11) is 0. The standard InChI is InChI=1S/C81H77B2N3/c1-48-16-30-67(31-17-48)84(68-32-18-49(2)19-33-68)71-38-24-63(25-39-71)65-28-42-77-73(46-65)82(79-59(12)55(8)53(6)56(9)60(79)13)75-44-52(5)45-76-81(75)86(77)78-43-29-66(47-74(78)83(76)80-61(14)57(10)54(7)58(11)62(80)15)64-26-40-72(41-27-64)85(69-34-20-50(3)21-35-69)70-36-22-51(4)23-37-70/h16-47H,1-15H3. The minimum absolute atomic E-state index is 0.0197. The monoisotopic (exact) mass is 1110 g/mol. The molecule has 0 aliphatic carbocycles. The molecule has 11 aromatic carbocycles. The van der Waals surface area contributed by atoms with Crippen LogP contribution in [0.1, 0.15) is 83.5 Å². The normalized spacial score (nSPS) is 12.3. The Hall–Kier alpha value is -9.05. The molecule has 2 aliphatic rings. The van der Waals surface area contributed by atoms with Gasteiger partial charge in [-0.15, -0.1) is 0 Å². The van der Waals surface area contributed by atoms with Gasteiger partial charge in [0.1, 0.15) is 0 Å². The molecule has 0 saturated heterocycles. The molecule has 0 N–H and O–H groups in total. The minimum Gasteiger partial charge on any atom is -0.313 e. The molecule has 422 valence electrons. The highest BCUT2D eigenvalue weighted by molar-refractivity contribution is 7.02. The van der Waals surface area contributed by atoms with E-state index < -0.39 is 0 Å². The van der Waals surface area contributed by atoms with E-state index in [1.165, 1.54) is 156 Å². The fraction of sp³-hybridized carbons (Fsp3) is 0.185. The summed E-state index contributed by atoms with van der Waals surface area (Å²) in [5.41, 5.74) is 43.7. The van der Waals surface area contributed by atoms with Crippen LogP contribution in [0.3, 0.4) is 0 Å². The highest BCUT2D eigenvalue weighted by Crippen LogP contribution is 2.43. The third-order valence-corrected chi connectivity index (χ3v) is 20.1. The number of hydrogen-bond donors (Lipinski definition) is 0. The SMILES string of the molecule is Cc1ccc(N(c2ccc(C)cc2)c2ccc(-c3ccc4c(c3)B(c3c(C)c(C)c(C)c(C)c3C)c3cc(C)cc5c3N4c3ccc(-c4ccc(N(c6ccc(C)cc6)c6ccc(C)cc6)cc4)cc3B5c3c(C)c(C)c(C)c(C)c3C)cc2)cc1. The van der Waals surface area contributed by atoms with Crippen molar-refractivity contribution in [3.05, 3.63) is 278 Å². The predicted octanol–water partition coefficient (Wildman–Crippen LogP) is 17.7. The van der Waals surface area contributed by atoms with Gasteiger partial charge in [0.2, 0.25) is 13.4 Å². The summed E-state index contributed by atoms with van der Waals surface area (Å²) in [4.78, 5) is 7.40. The van der Waals surface area contributed by atoms with E-state index in [0.29, 0.717) is 0 Å². The Morgan fingerprint density at radius 1 is 0.233 bits per heavy atom. The van der Waals surface area contributed by atoms with E-state index in [4.69, 9.17) is 0 Å². The largest absolute Gasteiger partial charge is 0.313 e. The van der Waals surface area contributed by atoms with Crippen LogP contribution in [-0.2, 0) is 0 Å². The van der Waals surface area contributed by atoms with Gasteiger partial charge in [-0.25, -0.2) is 0 Å². The van der Waals surface area contributed by atoms with Crippen LogP contribution in [-0.4, -0.2) is 13.4 Å². The molecule has 0 amide bonds. The topological polar surface area (TPSA) is 9.72 Å². The first-order chi connectivity index (χ1) is 41.4. The van der Waals surface area contributed by atoms with E-state index in [1.807, 2.05) is 0 Å². The third kappa shape index (κ3) is 9.39. The maximum Gasteiger partial charge on any atom is 0.247 e. The molecule has 0 spiro atoms. The molecule has 2 heterocycles. The fourth-order valence-corrected chi connectivity index (χ4v) is 14.4. The number of fused-ring (bicyclic) bond motifs is 4. The van der Waals surface area contributed by atoms with Crippen molar-refractivity contribution in [3.8, 4) is 22.3 Å². The van der Waals surface area contributed by atoms with Gasteiger partial charge in [-0.2, -0.15) is 0 Å². The van der Waals surface area contributed by atoms with E-state index in [-0.39, 0.29) is 13.4 Å². The fourth-order valence-electron chi connectivity index (χ4n) is 14.4. The van der Waals surface area contributed by atoms with E-state index in [1.54, 1.807) is 0 Å². The smallest absolute Gasteiger partial charge is 0.247 e. The first kappa shape index (κ1) is 56.1. The molecule has 0 bridgehead atoms.